The van der Waals surface area contributed by atoms with Gasteiger partial charge in [0, 0.05) is 23.4 Å². The first-order valence-electron chi connectivity index (χ1n) is 10.2. The van der Waals surface area contributed by atoms with Gasteiger partial charge in [-0.2, -0.15) is 0 Å². The van der Waals surface area contributed by atoms with E-state index in [9.17, 15) is 14.4 Å². The van der Waals surface area contributed by atoms with Crippen LogP contribution in [0.5, 0.6) is 0 Å². The number of amides is 3. The summed E-state index contributed by atoms with van der Waals surface area (Å²) in [7, 11) is 0. The van der Waals surface area contributed by atoms with Crippen molar-refractivity contribution >= 4 is 23.4 Å². The summed E-state index contributed by atoms with van der Waals surface area (Å²) in [6.45, 7) is 0.795. The molecule has 1 aliphatic heterocycles. The van der Waals surface area contributed by atoms with Crippen LogP contribution in [0.1, 0.15) is 39.3 Å². The molecular weight excluding hydrogens is 394 g/mol. The van der Waals surface area contributed by atoms with E-state index in [4.69, 9.17) is 4.42 Å². The van der Waals surface area contributed by atoms with Crippen LogP contribution in [-0.2, 0) is 11.3 Å². The molecule has 2 heterocycles. The Morgan fingerprint density at radius 1 is 0.968 bits per heavy atom. The van der Waals surface area contributed by atoms with Crippen LogP contribution in [0.3, 0.4) is 0 Å². The number of likely N-dealkylation sites (tertiary alicyclic amines) is 1. The number of hydrogen-bond acceptors (Lipinski definition) is 4. The highest BCUT2D eigenvalue weighted by molar-refractivity contribution is 6.05. The summed E-state index contributed by atoms with van der Waals surface area (Å²) in [6, 6.07) is 18.7. The number of rotatable bonds is 6. The van der Waals surface area contributed by atoms with Crippen molar-refractivity contribution < 1.29 is 18.8 Å². The number of anilines is 1. The normalized spacial score (nSPS) is 15.5. The SMILES string of the molecule is O=C(Nc1cccc(C(=O)N2CCCC2C(=O)NCc2ccco2)c1)c1ccccc1. The van der Waals surface area contributed by atoms with Gasteiger partial charge in [-0.05, 0) is 55.3 Å². The van der Waals surface area contributed by atoms with Crippen LogP contribution in [0.25, 0.3) is 0 Å². The van der Waals surface area contributed by atoms with Crippen molar-refractivity contribution in [3.8, 4) is 0 Å². The highest BCUT2D eigenvalue weighted by Crippen LogP contribution is 2.22. The standard InChI is InChI=1S/C24H23N3O4/c28-22(17-7-2-1-3-8-17)26-19-10-4-9-18(15-19)24(30)27-13-5-12-21(27)23(29)25-16-20-11-6-14-31-20/h1-4,6-11,14-15,21H,5,12-13,16H2,(H,25,29)(H,26,28). The third-order valence-corrected chi connectivity index (χ3v) is 5.24. The minimum absolute atomic E-state index is 0.198. The molecule has 0 radical (unpaired) electrons. The number of carbonyl (C=O) groups excluding carboxylic acids is 3. The Kier molecular flexibility index (Phi) is 6.12. The van der Waals surface area contributed by atoms with Crippen molar-refractivity contribution in [2.75, 3.05) is 11.9 Å². The topological polar surface area (TPSA) is 91.7 Å². The fourth-order valence-electron chi connectivity index (χ4n) is 3.68. The van der Waals surface area contributed by atoms with Crippen LogP contribution < -0.4 is 10.6 Å². The van der Waals surface area contributed by atoms with Crippen molar-refractivity contribution in [1.82, 2.24) is 10.2 Å². The molecule has 7 nitrogen and oxygen atoms in total. The second kappa shape index (κ2) is 9.30. The first kappa shape index (κ1) is 20.4. The minimum Gasteiger partial charge on any atom is -0.467 e. The van der Waals surface area contributed by atoms with Crippen LogP contribution in [-0.4, -0.2) is 35.2 Å². The Morgan fingerprint density at radius 3 is 2.55 bits per heavy atom. The Morgan fingerprint density at radius 2 is 1.77 bits per heavy atom. The predicted octanol–water partition coefficient (Wildman–Crippen LogP) is 3.45. The van der Waals surface area contributed by atoms with E-state index in [-0.39, 0.29) is 24.3 Å². The van der Waals surface area contributed by atoms with E-state index >= 15 is 0 Å². The fourth-order valence-corrected chi connectivity index (χ4v) is 3.68. The third-order valence-electron chi connectivity index (χ3n) is 5.24. The smallest absolute Gasteiger partial charge is 0.255 e. The van der Waals surface area contributed by atoms with Crippen molar-refractivity contribution in [3.05, 3.63) is 89.9 Å². The summed E-state index contributed by atoms with van der Waals surface area (Å²) in [5.74, 6) is -0.0186. The zero-order valence-electron chi connectivity index (χ0n) is 16.9. The second-order valence-electron chi connectivity index (χ2n) is 7.35. The molecule has 4 rings (SSSR count). The Balaban J connectivity index is 1.42. The molecule has 2 aromatic carbocycles. The monoisotopic (exact) mass is 417 g/mol. The van der Waals surface area contributed by atoms with Gasteiger partial charge in [0.15, 0.2) is 0 Å². The highest BCUT2D eigenvalue weighted by Gasteiger charge is 2.34. The van der Waals surface area contributed by atoms with Gasteiger partial charge in [-0.3, -0.25) is 14.4 Å². The lowest BCUT2D eigenvalue weighted by atomic mass is 10.1. The maximum absolute atomic E-state index is 13.1. The van der Waals surface area contributed by atoms with E-state index in [0.717, 1.165) is 6.42 Å². The summed E-state index contributed by atoms with van der Waals surface area (Å²) in [5, 5.41) is 5.65. The number of hydrogen-bond donors (Lipinski definition) is 2. The van der Waals surface area contributed by atoms with Crippen molar-refractivity contribution in [1.29, 1.82) is 0 Å². The van der Waals surface area contributed by atoms with Gasteiger partial charge in [-0.25, -0.2) is 0 Å². The molecule has 1 atom stereocenters. The number of benzene rings is 2. The first-order valence-corrected chi connectivity index (χ1v) is 10.2. The number of furan rings is 1. The van der Waals surface area contributed by atoms with Gasteiger partial charge in [0.2, 0.25) is 5.91 Å². The van der Waals surface area contributed by atoms with Crippen LogP contribution in [0, 0.1) is 0 Å². The first-order chi connectivity index (χ1) is 15.1. The molecule has 0 aliphatic carbocycles. The lowest BCUT2D eigenvalue weighted by Gasteiger charge is -2.24. The molecule has 3 amide bonds. The van der Waals surface area contributed by atoms with Crippen molar-refractivity contribution in [3.63, 3.8) is 0 Å². The van der Waals surface area contributed by atoms with E-state index in [1.165, 1.54) is 0 Å². The van der Waals surface area contributed by atoms with Gasteiger partial charge in [0.25, 0.3) is 11.8 Å². The maximum Gasteiger partial charge on any atom is 0.255 e. The van der Waals surface area contributed by atoms with Crippen molar-refractivity contribution in [2.45, 2.75) is 25.4 Å². The van der Waals surface area contributed by atoms with Gasteiger partial charge in [-0.1, -0.05) is 24.3 Å². The van der Waals surface area contributed by atoms with Crippen LogP contribution in [0.15, 0.2) is 77.4 Å². The molecule has 3 aromatic rings. The lowest BCUT2D eigenvalue weighted by Crippen LogP contribution is -2.45. The largest absolute Gasteiger partial charge is 0.467 e. The fraction of sp³-hybridized carbons (Fsp3) is 0.208. The molecule has 1 aliphatic rings. The highest BCUT2D eigenvalue weighted by atomic mass is 16.3. The molecule has 2 N–H and O–H groups in total. The van der Waals surface area contributed by atoms with Crippen molar-refractivity contribution in [2.24, 2.45) is 0 Å². The molecule has 158 valence electrons. The summed E-state index contributed by atoms with van der Waals surface area (Å²) in [4.78, 5) is 39.8. The quantitative estimate of drug-likeness (QED) is 0.643. The van der Waals surface area contributed by atoms with E-state index in [1.807, 2.05) is 6.07 Å². The molecule has 1 fully saturated rings. The van der Waals surface area contributed by atoms with Crippen LogP contribution in [0.2, 0.25) is 0 Å². The molecular formula is C24H23N3O4. The van der Waals surface area contributed by atoms with E-state index < -0.39 is 6.04 Å². The lowest BCUT2D eigenvalue weighted by molar-refractivity contribution is -0.125. The van der Waals surface area contributed by atoms with Crippen LogP contribution in [0.4, 0.5) is 5.69 Å². The summed E-state index contributed by atoms with van der Waals surface area (Å²) >= 11 is 0. The molecule has 7 heteroatoms. The van der Waals surface area contributed by atoms with Gasteiger partial charge < -0.3 is 20.0 Å². The average molecular weight is 417 g/mol. The van der Waals surface area contributed by atoms with E-state index in [1.54, 1.807) is 71.8 Å². The molecule has 1 saturated heterocycles. The van der Waals surface area contributed by atoms with E-state index in [0.29, 0.717) is 35.5 Å². The number of nitrogens with one attached hydrogen (secondary N) is 2. The molecule has 31 heavy (non-hydrogen) atoms. The minimum atomic E-state index is -0.523. The zero-order chi connectivity index (χ0) is 21.6. The predicted molar refractivity (Wildman–Crippen MR) is 115 cm³/mol. The zero-order valence-corrected chi connectivity index (χ0v) is 16.9. The summed E-state index contributed by atoms with van der Waals surface area (Å²) < 4.78 is 5.24. The van der Waals surface area contributed by atoms with Gasteiger partial charge in [-0.15, -0.1) is 0 Å². The molecule has 0 saturated carbocycles. The number of nitrogens with zero attached hydrogens (tertiary/aromatic N) is 1. The maximum atomic E-state index is 13.1. The van der Waals surface area contributed by atoms with Crippen LogP contribution >= 0.6 is 0 Å². The van der Waals surface area contributed by atoms with Gasteiger partial charge in [0.05, 0.1) is 12.8 Å². The number of carbonyl (C=O) groups is 3. The van der Waals surface area contributed by atoms with E-state index in [2.05, 4.69) is 10.6 Å². The Bertz CT molecular complexity index is 1060. The summed E-state index contributed by atoms with van der Waals surface area (Å²) in [5.41, 5.74) is 1.49. The Hall–Kier alpha value is -3.87. The van der Waals surface area contributed by atoms with Gasteiger partial charge in [0.1, 0.15) is 11.8 Å². The second-order valence-corrected chi connectivity index (χ2v) is 7.35. The molecule has 0 bridgehead atoms. The third kappa shape index (κ3) is 4.83. The molecule has 1 aromatic heterocycles. The average Bonchev–Trinajstić information content (AvgIpc) is 3.50. The molecule has 0 spiro atoms. The van der Waals surface area contributed by atoms with Gasteiger partial charge >= 0.3 is 0 Å². The molecule has 1 unspecified atom stereocenters. The summed E-state index contributed by atoms with van der Waals surface area (Å²) in [6.07, 6.45) is 2.92. The Labute approximate surface area is 180 Å².